The Balaban J connectivity index is 1.74. The Bertz CT molecular complexity index is 516. The van der Waals surface area contributed by atoms with Gasteiger partial charge in [-0.2, -0.15) is 0 Å². The number of nitrogens with one attached hydrogen (secondary N) is 1. The molecule has 0 aromatic heterocycles. The normalized spacial score (nSPS) is 17.3. The maximum atomic E-state index is 12.1. The molecule has 1 saturated heterocycles. The first-order valence-electron chi connectivity index (χ1n) is 8.71. The monoisotopic (exact) mass is 334 g/mol. The van der Waals surface area contributed by atoms with Gasteiger partial charge in [-0.1, -0.05) is 32.9 Å². The fourth-order valence-electron chi connectivity index (χ4n) is 2.60. The zero-order valence-corrected chi connectivity index (χ0v) is 15.3. The Morgan fingerprint density at radius 2 is 1.88 bits per heavy atom. The summed E-state index contributed by atoms with van der Waals surface area (Å²) < 4.78 is 11.1. The second-order valence-electron chi connectivity index (χ2n) is 7.28. The molecule has 0 aliphatic carbocycles. The standard InChI is InChI=1S/C19H30N2O3/c1-15(18(22)20-9-10-21-11-13-23-14-12-21)24-17-7-5-16(6-8-17)19(2,3)4/h5-8,15H,9-14H2,1-4H3,(H,20,22)/t15-/m0/s1. The summed E-state index contributed by atoms with van der Waals surface area (Å²) in [6, 6.07) is 7.97. The molecule has 0 spiro atoms. The van der Waals surface area contributed by atoms with Gasteiger partial charge >= 0.3 is 0 Å². The predicted octanol–water partition coefficient (Wildman–Crippen LogP) is 2.20. The fraction of sp³-hybridized carbons (Fsp3) is 0.632. The minimum atomic E-state index is -0.504. The van der Waals surface area contributed by atoms with Crippen molar-refractivity contribution in [3.05, 3.63) is 29.8 Å². The van der Waals surface area contributed by atoms with Crippen LogP contribution in [0.4, 0.5) is 0 Å². The number of rotatable bonds is 6. The Hall–Kier alpha value is -1.59. The van der Waals surface area contributed by atoms with E-state index >= 15 is 0 Å². The molecule has 1 aromatic carbocycles. The molecule has 5 heteroatoms. The fourth-order valence-corrected chi connectivity index (χ4v) is 2.60. The van der Waals surface area contributed by atoms with Crippen LogP contribution in [0.2, 0.25) is 0 Å². The molecule has 1 aromatic rings. The highest BCUT2D eigenvalue weighted by Gasteiger charge is 2.17. The van der Waals surface area contributed by atoms with E-state index in [1.807, 2.05) is 12.1 Å². The number of nitrogens with zero attached hydrogens (tertiary/aromatic N) is 1. The Morgan fingerprint density at radius 1 is 1.25 bits per heavy atom. The topological polar surface area (TPSA) is 50.8 Å². The number of hydrogen-bond acceptors (Lipinski definition) is 4. The van der Waals surface area contributed by atoms with Gasteiger partial charge in [0.15, 0.2) is 6.10 Å². The molecule has 134 valence electrons. The van der Waals surface area contributed by atoms with Gasteiger partial charge in [0, 0.05) is 26.2 Å². The molecule has 0 saturated carbocycles. The van der Waals surface area contributed by atoms with Crippen molar-refractivity contribution in [3.8, 4) is 5.75 Å². The van der Waals surface area contributed by atoms with E-state index in [-0.39, 0.29) is 11.3 Å². The minimum absolute atomic E-state index is 0.0804. The number of hydrogen-bond donors (Lipinski definition) is 1. The van der Waals surface area contributed by atoms with E-state index in [0.717, 1.165) is 38.6 Å². The molecule has 1 heterocycles. The van der Waals surface area contributed by atoms with Crippen LogP contribution in [-0.2, 0) is 14.9 Å². The van der Waals surface area contributed by atoms with Crippen LogP contribution in [0.3, 0.4) is 0 Å². The Kier molecular flexibility index (Phi) is 6.63. The van der Waals surface area contributed by atoms with Crippen molar-refractivity contribution in [2.75, 3.05) is 39.4 Å². The second kappa shape index (κ2) is 8.49. The Labute approximate surface area is 145 Å². The van der Waals surface area contributed by atoms with Crippen molar-refractivity contribution in [3.63, 3.8) is 0 Å². The van der Waals surface area contributed by atoms with Crippen LogP contribution in [0.5, 0.6) is 5.75 Å². The van der Waals surface area contributed by atoms with Crippen LogP contribution in [0.25, 0.3) is 0 Å². The van der Waals surface area contributed by atoms with Crippen LogP contribution >= 0.6 is 0 Å². The average Bonchev–Trinajstić information content (AvgIpc) is 2.55. The SMILES string of the molecule is C[C@H](Oc1ccc(C(C)(C)C)cc1)C(=O)NCCN1CCOCC1. The average molecular weight is 334 g/mol. The first-order chi connectivity index (χ1) is 11.4. The number of carbonyl (C=O) groups excluding carboxylic acids is 1. The number of ether oxygens (including phenoxy) is 2. The summed E-state index contributed by atoms with van der Waals surface area (Å²) in [5.41, 5.74) is 1.36. The molecular formula is C19H30N2O3. The molecule has 1 N–H and O–H groups in total. The zero-order chi connectivity index (χ0) is 17.6. The van der Waals surface area contributed by atoms with Crippen molar-refractivity contribution < 1.29 is 14.3 Å². The largest absolute Gasteiger partial charge is 0.481 e. The summed E-state index contributed by atoms with van der Waals surface area (Å²) >= 11 is 0. The summed E-state index contributed by atoms with van der Waals surface area (Å²) in [6.07, 6.45) is -0.504. The van der Waals surface area contributed by atoms with Crippen LogP contribution in [0.15, 0.2) is 24.3 Å². The third-order valence-electron chi connectivity index (χ3n) is 4.23. The van der Waals surface area contributed by atoms with Gasteiger partial charge in [0.05, 0.1) is 13.2 Å². The van der Waals surface area contributed by atoms with Crippen molar-refractivity contribution in [2.24, 2.45) is 0 Å². The van der Waals surface area contributed by atoms with Gasteiger partial charge < -0.3 is 14.8 Å². The third-order valence-corrected chi connectivity index (χ3v) is 4.23. The van der Waals surface area contributed by atoms with Gasteiger partial charge in [-0.25, -0.2) is 0 Å². The highest BCUT2D eigenvalue weighted by molar-refractivity contribution is 5.80. The summed E-state index contributed by atoms with van der Waals surface area (Å²) in [5, 5.41) is 2.94. The molecule has 0 unspecified atom stereocenters. The van der Waals surface area contributed by atoms with Crippen LogP contribution in [0, 0.1) is 0 Å². The smallest absolute Gasteiger partial charge is 0.260 e. The van der Waals surface area contributed by atoms with Crippen LogP contribution in [0.1, 0.15) is 33.3 Å². The quantitative estimate of drug-likeness (QED) is 0.866. The number of benzene rings is 1. The van der Waals surface area contributed by atoms with Crippen LogP contribution < -0.4 is 10.1 Å². The van der Waals surface area contributed by atoms with Crippen molar-refractivity contribution >= 4 is 5.91 Å². The van der Waals surface area contributed by atoms with Gasteiger partial charge in [-0.15, -0.1) is 0 Å². The second-order valence-corrected chi connectivity index (χ2v) is 7.28. The molecule has 2 rings (SSSR count). The first kappa shape index (κ1) is 18.7. The molecule has 5 nitrogen and oxygen atoms in total. The molecule has 0 radical (unpaired) electrons. The third kappa shape index (κ3) is 5.80. The molecule has 1 atom stereocenters. The lowest BCUT2D eigenvalue weighted by Crippen LogP contribution is -2.43. The number of morpholine rings is 1. The van der Waals surface area contributed by atoms with E-state index in [2.05, 4.69) is 43.1 Å². The molecule has 1 amide bonds. The first-order valence-corrected chi connectivity index (χ1v) is 8.71. The van der Waals surface area contributed by atoms with E-state index in [1.54, 1.807) is 6.92 Å². The highest BCUT2D eigenvalue weighted by atomic mass is 16.5. The lowest BCUT2D eigenvalue weighted by molar-refractivity contribution is -0.127. The molecule has 1 aliphatic rings. The summed E-state index contributed by atoms with van der Waals surface area (Å²) in [6.45, 7) is 13.2. The zero-order valence-electron chi connectivity index (χ0n) is 15.3. The molecule has 0 bridgehead atoms. The van der Waals surface area contributed by atoms with Gasteiger partial charge in [-0.3, -0.25) is 9.69 Å². The van der Waals surface area contributed by atoms with Gasteiger partial charge in [0.1, 0.15) is 5.75 Å². The number of amides is 1. The van der Waals surface area contributed by atoms with Crippen molar-refractivity contribution in [2.45, 2.75) is 39.2 Å². The predicted molar refractivity (Wildman–Crippen MR) is 95.5 cm³/mol. The molecule has 1 aliphatic heterocycles. The molecule has 1 fully saturated rings. The van der Waals surface area contributed by atoms with Gasteiger partial charge in [0.2, 0.25) is 0 Å². The van der Waals surface area contributed by atoms with E-state index in [4.69, 9.17) is 9.47 Å². The summed E-state index contributed by atoms with van der Waals surface area (Å²) in [4.78, 5) is 14.4. The lowest BCUT2D eigenvalue weighted by atomic mass is 9.87. The van der Waals surface area contributed by atoms with Gasteiger partial charge in [-0.05, 0) is 30.0 Å². The summed E-state index contributed by atoms with van der Waals surface area (Å²) in [5.74, 6) is 0.641. The van der Waals surface area contributed by atoms with E-state index < -0.39 is 6.10 Å². The number of carbonyl (C=O) groups is 1. The lowest BCUT2D eigenvalue weighted by Gasteiger charge is -2.26. The minimum Gasteiger partial charge on any atom is -0.481 e. The maximum absolute atomic E-state index is 12.1. The molecular weight excluding hydrogens is 304 g/mol. The Morgan fingerprint density at radius 3 is 2.46 bits per heavy atom. The van der Waals surface area contributed by atoms with Crippen molar-refractivity contribution in [1.82, 2.24) is 10.2 Å². The molecule has 24 heavy (non-hydrogen) atoms. The van der Waals surface area contributed by atoms with Crippen LogP contribution in [-0.4, -0.2) is 56.3 Å². The van der Waals surface area contributed by atoms with Crippen molar-refractivity contribution in [1.29, 1.82) is 0 Å². The maximum Gasteiger partial charge on any atom is 0.260 e. The summed E-state index contributed by atoms with van der Waals surface area (Å²) in [7, 11) is 0. The van der Waals surface area contributed by atoms with Gasteiger partial charge in [0.25, 0.3) is 5.91 Å². The van der Waals surface area contributed by atoms with E-state index in [1.165, 1.54) is 5.56 Å². The van der Waals surface area contributed by atoms with E-state index in [0.29, 0.717) is 6.54 Å². The highest BCUT2D eigenvalue weighted by Crippen LogP contribution is 2.24. The van der Waals surface area contributed by atoms with E-state index in [9.17, 15) is 4.79 Å².